The molecule has 1 unspecified atom stereocenters. The maximum absolute atomic E-state index is 13.9. The zero-order chi connectivity index (χ0) is 14.1. The quantitative estimate of drug-likeness (QED) is 0.895. The third-order valence-corrected chi connectivity index (χ3v) is 5.00. The molecule has 3 rings (SSSR count). The monoisotopic (exact) mass is 340 g/mol. The Balaban J connectivity index is 1.56. The van der Waals surface area contributed by atoms with Gasteiger partial charge in [-0.3, -0.25) is 0 Å². The van der Waals surface area contributed by atoms with Gasteiger partial charge in [-0.15, -0.1) is 0 Å². The second-order valence-corrected chi connectivity index (χ2v) is 7.01. The van der Waals surface area contributed by atoms with Gasteiger partial charge in [-0.05, 0) is 63.9 Å². The first-order chi connectivity index (χ1) is 9.63. The zero-order valence-electron chi connectivity index (χ0n) is 11.9. The van der Waals surface area contributed by atoms with Crippen LogP contribution in [0.5, 0.6) is 0 Å². The molecule has 1 saturated carbocycles. The first-order valence-corrected chi connectivity index (χ1v) is 8.38. The number of hydrogen-bond acceptors (Lipinski definition) is 2. The van der Waals surface area contributed by atoms with Crippen LogP contribution in [-0.4, -0.2) is 30.1 Å². The normalized spacial score (nSPS) is 22.9. The van der Waals surface area contributed by atoms with Crippen LogP contribution < -0.4 is 5.32 Å². The van der Waals surface area contributed by atoms with E-state index in [-0.39, 0.29) is 11.9 Å². The lowest BCUT2D eigenvalue weighted by molar-refractivity contribution is 0.184. The van der Waals surface area contributed by atoms with Gasteiger partial charge >= 0.3 is 0 Å². The molecule has 0 aromatic heterocycles. The van der Waals surface area contributed by atoms with E-state index in [2.05, 4.69) is 33.1 Å². The maximum atomic E-state index is 13.9. The Morgan fingerprint density at radius 1 is 1.25 bits per heavy atom. The number of hydrogen-bond donors (Lipinski definition) is 1. The number of nitrogens with zero attached hydrogens (tertiary/aromatic N) is 1. The Hall–Kier alpha value is -0.450. The molecular formula is C16H22BrFN2. The molecule has 1 aromatic rings. The third kappa shape index (κ3) is 3.41. The number of nitrogens with one attached hydrogen (secondary N) is 1. The van der Waals surface area contributed by atoms with E-state index in [1.807, 2.05) is 6.07 Å². The summed E-state index contributed by atoms with van der Waals surface area (Å²) in [6, 6.07) is 6.61. The summed E-state index contributed by atoms with van der Waals surface area (Å²) in [5, 5.41) is 3.60. The van der Waals surface area contributed by atoms with Gasteiger partial charge in [0.2, 0.25) is 0 Å². The molecule has 1 aliphatic carbocycles. The van der Waals surface area contributed by atoms with Crippen molar-refractivity contribution in [2.45, 2.75) is 50.7 Å². The fourth-order valence-electron chi connectivity index (χ4n) is 3.16. The topological polar surface area (TPSA) is 15.3 Å². The molecule has 1 atom stereocenters. The SMILES string of the molecule is CC(NC1CCN(C2CC2)CC1)c1cc(Br)ccc1F. The molecule has 2 fully saturated rings. The number of piperidine rings is 1. The van der Waals surface area contributed by atoms with Gasteiger partial charge in [0.1, 0.15) is 5.82 Å². The summed E-state index contributed by atoms with van der Waals surface area (Å²) in [7, 11) is 0. The van der Waals surface area contributed by atoms with E-state index < -0.39 is 0 Å². The van der Waals surface area contributed by atoms with E-state index in [1.165, 1.54) is 44.8 Å². The smallest absolute Gasteiger partial charge is 0.128 e. The lowest BCUT2D eigenvalue weighted by atomic mass is 10.0. The minimum Gasteiger partial charge on any atom is -0.307 e. The Bertz CT molecular complexity index is 468. The van der Waals surface area contributed by atoms with Crippen molar-refractivity contribution in [2.24, 2.45) is 0 Å². The summed E-state index contributed by atoms with van der Waals surface area (Å²) < 4.78 is 14.8. The molecule has 0 bridgehead atoms. The summed E-state index contributed by atoms with van der Waals surface area (Å²) in [5.74, 6) is -0.122. The highest BCUT2D eigenvalue weighted by Gasteiger charge is 2.32. The van der Waals surface area contributed by atoms with Crippen LogP contribution in [0, 0.1) is 5.82 Å². The maximum Gasteiger partial charge on any atom is 0.128 e. The molecule has 2 aliphatic rings. The first-order valence-electron chi connectivity index (χ1n) is 7.58. The standard InChI is InChI=1S/C16H22BrFN2/c1-11(15-10-12(17)2-5-16(15)18)19-13-6-8-20(9-7-13)14-3-4-14/h2,5,10-11,13-14,19H,3-4,6-9H2,1H3. The van der Waals surface area contributed by atoms with Crippen molar-refractivity contribution in [1.29, 1.82) is 0 Å². The molecule has 1 aliphatic heterocycles. The van der Waals surface area contributed by atoms with Gasteiger partial charge in [-0.1, -0.05) is 15.9 Å². The van der Waals surface area contributed by atoms with E-state index in [0.29, 0.717) is 6.04 Å². The lowest BCUT2D eigenvalue weighted by Gasteiger charge is -2.34. The van der Waals surface area contributed by atoms with E-state index >= 15 is 0 Å². The summed E-state index contributed by atoms with van der Waals surface area (Å²) in [6.07, 6.45) is 5.13. The predicted molar refractivity (Wildman–Crippen MR) is 83.3 cm³/mol. The highest BCUT2D eigenvalue weighted by molar-refractivity contribution is 9.10. The average Bonchev–Trinajstić information content (AvgIpc) is 3.27. The number of halogens is 2. The van der Waals surface area contributed by atoms with Gasteiger partial charge in [0, 0.05) is 28.2 Å². The van der Waals surface area contributed by atoms with Gasteiger partial charge < -0.3 is 10.2 Å². The van der Waals surface area contributed by atoms with Gasteiger partial charge in [0.25, 0.3) is 0 Å². The van der Waals surface area contributed by atoms with Crippen molar-refractivity contribution in [1.82, 2.24) is 10.2 Å². The minimum absolute atomic E-state index is 0.0602. The first kappa shape index (κ1) is 14.5. The van der Waals surface area contributed by atoms with Crippen molar-refractivity contribution in [2.75, 3.05) is 13.1 Å². The van der Waals surface area contributed by atoms with Crippen LogP contribution in [0.15, 0.2) is 22.7 Å². The van der Waals surface area contributed by atoms with Gasteiger partial charge in [-0.25, -0.2) is 4.39 Å². The van der Waals surface area contributed by atoms with Crippen LogP contribution in [0.3, 0.4) is 0 Å². The number of likely N-dealkylation sites (tertiary alicyclic amines) is 1. The van der Waals surface area contributed by atoms with Crippen LogP contribution in [0.1, 0.15) is 44.2 Å². The predicted octanol–water partition coefficient (Wildman–Crippen LogP) is 3.87. The van der Waals surface area contributed by atoms with Crippen LogP contribution in [0.25, 0.3) is 0 Å². The molecule has 20 heavy (non-hydrogen) atoms. The molecule has 110 valence electrons. The third-order valence-electron chi connectivity index (χ3n) is 4.50. The zero-order valence-corrected chi connectivity index (χ0v) is 13.5. The summed E-state index contributed by atoms with van der Waals surface area (Å²) in [5.41, 5.74) is 0.754. The molecule has 0 radical (unpaired) electrons. The molecule has 1 N–H and O–H groups in total. The second-order valence-electron chi connectivity index (χ2n) is 6.10. The van der Waals surface area contributed by atoms with Gasteiger partial charge in [0.05, 0.1) is 0 Å². The molecule has 0 amide bonds. The van der Waals surface area contributed by atoms with E-state index in [9.17, 15) is 4.39 Å². The average molecular weight is 341 g/mol. The Morgan fingerprint density at radius 2 is 1.95 bits per heavy atom. The molecule has 1 heterocycles. The number of rotatable bonds is 4. The summed E-state index contributed by atoms with van der Waals surface area (Å²) >= 11 is 3.42. The largest absolute Gasteiger partial charge is 0.307 e. The summed E-state index contributed by atoms with van der Waals surface area (Å²) in [6.45, 7) is 4.43. The van der Waals surface area contributed by atoms with E-state index in [1.54, 1.807) is 6.07 Å². The van der Waals surface area contributed by atoms with Crippen LogP contribution in [0.2, 0.25) is 0 Å². The number of benzene rings is 1. The van der Waals surface area contributed by atoms with Crippen molar-refractivity contribution in [3.8, 4) is 0 Å². The Labute approximate surface area is 128 Å². The van der Waals surface area contributed by atoms with Crippen LogP contribution in [-0.2, 0) is 0 Å². The van der Waals surface area contributed by atoms with E-state index in [0.717, 1.165) is 16.1 Å². The van der Waals surface area contributed by atoms with Crippen molar-refractivity contribution in [3.63, 3.8) is 0 Å². The van der Waals surface area contributed by atoms with Gasteiger partial charge in [0.15, 0.2) is 0 Å². The Morgan fingerprint density at radius 3 is 2.60 bits per heavy atom. The highest BCUT2D eigenvalue weighted by atomic mass is 79.9. The van der Waals surface area contributed by atoms with Crippen molar-refractivity contribution >= 4 is 15.9 Å². The highest BCUT2D eigenvalue weighted by Crippen LogP contribution is 2.30. The molecule has 4 heteroatoms. The van der Waals surface area contributed by atoms with Crippen LogP contribution in [0.4, 0.5) is 4.39 Å². The molecule has 0 spiro atoms. The molecule has 1 saturated heterocycles. The van der Waals surface area contributed by atoms with Crippen LogP contribution >= 0.6 is 15.9 Å². The van der Waals surface area contributed by atoms with Crippen molar-refractivity contribution in [3.05, 3.63) is 34.1 Å². The van der Waals surface area contributed by atoms with Gasteiger partial charge in [-0.2, -0.15) is 0 Å². The molecule has 1 aromatic carbocycles. The lowest BCUT2D eigenvalue weighted by Crippen LogP contribution is -2.44. The van der Waals surface area contributed by atoms with E-state index in [4.69, 9.17) is 0 Å². The molecule has 2 nitrogen and oxygen atoms in total. The van der Waals surface area contributed by atoms with Crippen molar-refractivity contribution < 1.29 is 4.39 Å². The Kier molecular flexibility index (Phi) is 4.43. The minimum atomic E-state index is -0.122. The second kappa shape index (κ2) is 6.12. The fourth-order valence-corrected chi connectivity index (χ4v) is 3.54. The fraction of sp³-hybridized carbons (Fsp3) is 0.625. The summed E-state index contributed by atoms with van der Waals surface area (Å²) in [4.78, 5) is 2.61. The molecular weight excluding hydrogens is 319 g/mol.